The van der Waals surface area contributed by atoms with Gasteiger partial charge in [0, 0.05) is 19.0 Å². The molecule has 25 heavy (non-hydrogen) atoms. The van der Waals surface area contributed by atoms with E-state index in [2.05, 4.69) is 6.92 Å². The maximum Gasteiger partial charge on any atom is 1.00 e. The van der Waals surface area contributed by atoms with Crippen LogP contribution in [-0.2, 0) is 19.7 Å². The summed E-state index contributed by atoms with van der Waals surface area (Å²) in [7, 11) is -4.94. The second kappa shape index (κ2) is 21.1. The largest absolute Gasteiger partial charge is 1.00 e. The van der Waals surface area contributed by atoms with Crippen molar-refractivity contribution < 1.29 is 97.0 Å². The van der Waals surface area contributed by atoms with E-state index in [0.29, 0.717) is 6.61 Å². The van der Waals surface area contributed by atoms with Crippen molar-refractivity contribution in [2.75, 3.05) is 6.61 Å². The first-order valence-electron chi connectivity index (χ1n) is 7.64. The van der Waals surface area contributed by atoms with Crippen molar-refractivity contribution >= 4 is 22.1 Å². The van der Waals surface area contributed by atoms with Gasteiger partial charge in [0.1, 0.15) is 5.25 Å². The minimum Gasteiger partial charge on any atom is -0.550 e. The van der Waals surface area contributed by atoms with Crippen LogP contribution in [0.3, 0.4) is 0 Å². The number of carboxylic acid groups (broad SMARTS) is 2. The Bertz CT molecular complexity index is 421. The van der Waals surface area contributed by atoms with Crippen molar-refractivity contribution in [2.45, 2.75) is 70.0 Å². The molecule has 0 radical (unpaired) electrons. The Kier molecular flexibility index (Phi) is 28.2. The number of carbonyl (C=O) groups excluding carboxylic acids is 2. The first-order valence-corrected chi connectivity index (χ1v) is 9.15. The Morgan fingerprint density at radius 1 is 0.920 bits per heavy atom. The Morgan fingerprint density at radius 3 is 1.56 bits per heavy atom. The molecule has 0 spiro atoms. The molecule has 1 atom stereocenters. The quantitative estimate of drug-likeness (QED) is 0.186. The molecule has 0 saturated carbocycles. The Hall–Kier alpha value is 0.810. The fraction of sp³-hybridized carbons (Fsp3) is 0.857. The molecule has 0 saturated heterocycles. The summed E-state index contributed by atoms with van der Waals surface area (Å²) in [6.45, 7) is 2.61. The fourth-order valence-corrected chi connectivity index (χ4v) is 2.30. The summed E-state index contributed by atoms with van der Waals surface area (Å²) in [6.07, 6.45) is 9.05. The number of aliphatic hydroxyl groups is 1. The number of hydrogen-bond donors (Lipinski definition) is 2. The van der Waals surface area contributed by atoms with Gasteiger partial charge < -0.3 is 24.9 Å². The van der Waals surface area contributed by atoms with Crippen LogP contribution in [0.1, 0.15) is 64.7 Å². The van der Waals surface area contributed by atoms with Gasteiger partial charge >= 0.3 is 59.1 Å². The minimum atomic E-state index is -4.94. The molecule has 0 aliphatic rings. The summed E-state index contributed by atoms with van der Waals surface area (Å²) in [6, 6.07) is 0. The SMILES string of the molecule is CCCCCCCCCCO.O=C([O-])CC(C(=O)[O-])S(=O)(=O)O.[Na+].[Na+]. The smallest absolute Gasteiger partial charge is 0.550 e. The number of aliphatic hydroxyl groups excluding tert-OH is 1. The molecule has 0 bridgehead atoms. The number of carboxylic acids is 2. The summed E-state index contributed by atoms with van der Waals surface area (Å²) in [5.41, 5.74) is 0. The summed E-state index contributed by atoms with van der Waals surface area (Å²) in [5, 5.41) is 25.8. The van der Waals surface area contributed by atoms with E-state index in [0.717, 1.165) is 6.42 Å². The summed E-state index contributed by atoms with van der Waals surface area (Å²) < 4.78 is 28.5. The molecule has 8 nitrogen and oxygen atoms in total. The predicted molar refractivity (Wildman–Crippen MR) is 79.7 cm³/mol. The summed E-state index contributed by atoms with van der Waals surface area (Å²) in [5.74, 6) is -4.08. The van der Waals surface area contributed by atoms with E-state index in [4.69, 9.17) is 9.66 Å². The van der Waals surface area contributed by atoms with E-state index in [1.807, 2.05) is 0 Å². The van der Waals surface area contributed by atoms with Crippen LogP contribution in [0.2, 0.25) is 0 Å². The molecule has 0 aliphatic carbocycles. The van der Waals surface area contributed by atoms with Gasteiger partial charge in [0.15, 0.2) is 0 Å². The van der Waals surface area contributed by atoms with Crippen molar-refractivity contribution in [3.8, 4) is 0 Å². The van der Waals surface area contributed by atoms with Crippen molar-refractivity contribution in [3.63, 3.8) is 0 Å². The normalized spacial score (nSPS) is 11.2. The van der Waals surface area contributed by atoms with Crippen LogP contribution in [0, 0.1) is 0 Å². The molecule has 0 aromatic carbocycles. The molecular weight excluding hydrogens is 374 g/mol. The van der Waals surface area contributed by atoms with Gasteiger partial charge in [-0.1, -0.05) is 51.9 Å². The molecule has 0 amide bonds. The molecule has 0 aliphatic heterocycles. The third-order valence-corrected chi connectivity index (χ3v) is 4.06. The number of hydrogen-bond acceptors (Lipinski definition) is 7. The zero-order valence-electron chi connectivity index (χ0n) is 15.4. The molecule has 11 heteroatoms. The second-order valence-corrected chi connectivity index (χ2v) is 6.70. The van der Waals surface area contributed by atoms with Crippen LogP contribution in [0.25, 0.3) is 0 Å². The third-order valence-electron chi connectivity index (χ3n) is 2.99. The van der Waals surface area contributed by atoms with Crippen LogP contribution in [-0.4, -0.2) is 41.9 Å². The number of aliphatic carboxylic acids is 2. The minimum absolute atomic E-state index is 0. The van der Waals surface area contributed by atoms with E-state index in [9.17, 15) is 28.2 Å². The summed E-state index contributed by atoms with van der Waals surface area (Å²) in [4.78, 5) is 19.7. The van der Waals surface area contributed by atoms with Gasteiger partial charge in [-0.15, -0.1) is 0 Å². The van der Waals surface area contributed by atoms with Gasteiger partial charge in [-0.25, -0.2) is 0 Å². The van der Waals surface area contributed by atoms with Gasteiger partial charge in [-0.05, 0) is 6.42 Å². The zero-order chi connectivity index (χ0) is 18.3. The van der Waals surface area contributed by atoms with Gasteiger partial charge in [0.05, 0.1) is 5.97 Å². The fourth-order valence-electron chi connectivity index (χ4n) is 1.71. The van der Waals surface area contributed by atoms with E-state index in [1.165, 1.54) is 44.9 Å². The maximum atomic E-state index is 10.2. The third kappa shape index (κ3) is 24.8. The Morgan fingerprint density at radius 2 is 1.32 bits per heavy atom. The molecule has 2 N–H and O–H groups in total. The molecule has 0 aromatic rings. The van der Waals surface area contributed by atoms with Gasteiger partial charge in [0.2, 0.25) is 0 Å². The average Bonchev–Trinajstić information content (AvgIpc) is 2.43. The van der Waals surface area contributed by atoms with E-state index in [1.54, 1.807) is 0 Å². The number of carbonyl (C=O) groups is 2. The average molecular weight is 400 g/mol. The maximum absolute atomic E-state index is 10.2. The Labute approximate surface area is 194 Å². The molecular formula is C14H26Na2O8S. The standard InChI is InChI=1S/C10H22O.C4H6O7S.2Na/c1-2-3-4-5-6-7-8-9-10-11;5-3(6)1-2(4(7)8)12(9,10)11;;/h11H,2-10H2,1H3;2H,1H2,(H,5,6)(H,7,8)(H,9,10,11);;/q;;2*+1/p-2. The van der Waals surface area contributed by atoms with Gasteiger partial charge in [-0.2, -0.15) is 8.42 Å². The van der Waals surface area contributed by atoms with E-state index in [-0.39, 0.29) is 59.1 Å². The Balaban J connectivity index is -0.000000164. The van der Waals surface area contributed by atoms with Crippen LogP contribution in [0.15, 0.2) is 0 Å². The number of unbranched alkanes of at least 4 members (excludes halogenated alkanes) is 7. The number of rotatable bonds is 12. The first kappa shape index (κ1) is 33.4. The van der Waals surface area contributed by atoms with E-state index < -0.39 is 33.7 Å². The van der Waals surface area contributed by atoms with Gasteiger partial charge in [0.25, 0.3) is 10.1 Å². The second-order valence-electron chi connectivity index (χ2n) is 5.10. The van der Waals surface area contributed by atoms with Crippen molar-refractivity contribution in [2.24, 2.45) is 0 Å². The molecule has 0 fully saturated rings. The topological polar surface area (TPSA) is 155 Å². The van der Waals surface area contributed by atoms with E-state index >= 15 is 0 Å². The molecule has 138 valence electrons. The van der Waals surface area contributed by atoms with Crippen LogP contribution >= 0.6 is 0 Å². The molecule has 1 unspecified atom stereocenters. The van der Waals surface area contributed by atoms with Crippen LogP contribution in [0.5, 0.6) is 0 Å². The van der Waals surface area contributed by atoms with Crippen LogP contribution in [0.4, 0.5) is 0 Å². The predicted octanol–water partition coefficient (Wildman–Crippen LogP) is -6.74. The molecule has 0 rings (SSSR count). The molecule has 0 heterocycles. The van der Waals surface area contributed by atoms with Crippen LogP contribution < -0.4 is 69.3 Å². The van der Waals surface area contributed by atoms with Crippen molar-refractivity contribution in [1.29, 1.82) is 0 Å². The van der Waals surface area contributed by atoms with Crippen molar-refractivity contribution in [1.82, 2.24) is 0 Å². The zero-order valence-corrected chi connectivity index (χ0v) is 20.2. The summed E-state index contributed by atoms with van der Waals surface area (Å²) >= 11 is 0. The first-order chi connectivity index (χ1) is 10.7. The molecule has 0 aromatic heterocycles. The monoisotopic (exact) mass is 400 g/mol. The van der Waals surface area contributed by atoms with Crippen molar-refractivity contribution in [3.05, 3.63) is 0 Å². The van der Waals surface area contributed by atoms with Gasteiger partial charge in [-0.3, -0.25) is 4.55 Å².